The number of anilines is 2. The molecule has 2 unspecified atom stereocenters. The Morgan fingerprint density at radius 3 is 2.74 bits per heavy atom. The summed E-state index contributed by atoms with van der Waals surface area (Å²) in [4.78, 5) is 20.3. The first-order valence-electron chi connectivity index (χ1n) is 13.4. The van der Waals surface area contributed by atoms with Gasteiger partial charge in [-0.2, -0.15) is 0 Å². The van der Waals surface area contributed by atoms with Crippen molar-refractivity contribution in [1.82, 2.24) is 10.3 Å². The number of hydrogen-bond acceptors (Lipinski definition) is 5. The number of fused-ring (bicyclic) bond motifs is 3. The maximum Gasteiger partial charge on any atom is 0.224 e. The number of aliphatic hydroxyl groups is 1. The van der Waals surface area contributed by atoms with Crippen molar-refractivity contribution >= 4 is 28.3 Å². The molecule has 6 nitrogen and oxygen atoms in total. The number of hydrogen-bond donors (Lipinski definition) is 3. The van der Waals surface area contributed by atoms with Crippen LogP contribution in [0.25, 0.3) is 10.9 Å². The molecule has 2 aliphatic carbocycles. The van der Waals surface area contributed by atoms with E-state index >= 15 is 0 Å². The van der Waals surface area contributed by atoms with Crippen LogP contribution in [0.3, 0.4) is 0 Å². The lowest BCUT2D eigenvalue weighted by molar-refractivity contribution is -0.117. The van der Waals surface area contributed by atoms with Crippen molar-refractivity contribution in [3.8, 4) is 0 Å². The molecule has 1 aromatic heterocycles. The smallest absolute Gasteiger partial charge is 0.224 e. The topological polar surface area (TPSA) is 77.5 Å². The van der Waals surface area contributed by atoms with Gasteiger partial charge in [0.25, 0.3) is 0 Å². The normalized spacial score (nSPS) is 26.7. The molecule has 1 aromatic carbocycles. The zero-order valence-electron chi connectivity index (χ0n) is 20.6. The molecule has 0 spiro atoms. The van der Waals surface area contributed by atoms with Crippen LogP contribution in [-0.2, 0) is 4.79 Å². The summed E-state index contributed by atoms with van der Waals surface area (Å²) in [6, 6.07) is 8.80. The number of carbonyl (C=O) groups is 1. The van der Waals surface area contributed by atoms with Crippen molar-refractivity contribution in [2.75, 3.05) is 36.5 Å². The van der Waals surface area contributed by atoms with Crippen LogP contribution in [0.4, 0.5) is 11.5 Å². The van der Waals surface area contributed by atoms with Gasteiger partial charge < -0.3 is 20.6 Å². The third-order valence-electron chi connectivity index (χ3n) is 8.31. The van der Waals surface area contributed by atoms with E-state index in [1.807, 2.05) is 0 Å². The molecular formula is C28H40N4O2. The average molecular weight is 465 g/mol. The molecule has 1 amide bonds. The minimum Gasteiger partial charge on any atom is -0.396 e. The quantitative estimate of drug-likeness (QED) is 0.496. The maximum absolute atomic E-state index is 13.1. The predicted octanol–water partition coefficient (Wildman–Crippen LogP) is 4.64. The van der Waals surface area contributed by atoms with E-state index in [0.29, 0.717) is 18.4 Å². The molecule has 3 fully saturated rings. The largest absolute Gasteiger partial charge is 0.396 e. The van der Waals surface area contributed by atoms with Gasteiger partial charge in [-0.3, -0.25) is 4.79 Å². The predicted molar refractivity (Wildman–Crippen MR) is 138 cm³/mol. The molecule has 1 aliphatic heterocycles. The third-order valence-corrected chi connectivity index (χ3v) is 8.31. The number of aliphatic hydroxyl groups excluding tert-OH is 1. The molecule has 3 aliphatic rings. The molecule has 1 saturated heterocycles. The van der Waals surface area contributed by atoms with Gasteiger partial charge in [0.15, 0.2) is 0 Å². The highest BCUT2D eigenvalue weighted by Gasteiger charge is 2.32. The van der Waals surface area contributed by atoms with Gasteiger partial charge >= 0.3 is 0 Å². The summed E-state index contributed by atoms with van der Waals surface area (Å²) in [6.07, 6.45) is 10.5. The molecule has 2 saturated carbocycles. The second kappa shape index (κ2) is 10.6. The van der Waals surface area contributed by atoms with Crippen molar-refractivity contribution in [2.45, 2.75) is 70.8 Å². The van der Waals surface area contributed by atoms with E-state index in [1.54, 1.807) is 0 Å². The molecule has 2 heterocycles. The summed E-state index contributed by atoms with van der Waals surface area (Å²) >= 11 is 0. The van der Waals surface area contributed by atoms with Gasteiger partial charge in [0.05, 0.1) is 11.2 Å². The van der Waals surface area contributed by atoms with E-state index in [4.69, 9.17) is 10.1 Å². The minimum atomic E-state index is 0.154. The number of rotatable bonds is 8. The van der Waals surface area contributed by atoms with Crippen LogP contribution in [0, 0.1) is 24.7 Å². The SMILES string of the molecule is Cc1ccc2nc(N3CC[C@H](NCCCO)C3)ccc2c1NC(=O)CC1CC2CCCC(C2)C1. The van der Waals surface area contributed by atoms with E-state index in [0.717, 1.165) is 72.3 Å². The number of amides is 1. The van der Waals surface area contributed by atoms with Crippen LogP contribution in [-0.4, -0.2) is 48.3 Å². The van der Waals surface area contributed by atoms with Crippen molar-refractivity contribution in [1.29, 1.82) is 0 Å². The average Bonchev–Trinajstić information content (AvgIpc) is 3.29. The van der Waals surface area contributed by atoms with Crippen LogP contribution >= 0.6 is 0 Å². The molecule has 0 radical (unpaired) electrons. The number of benzene rings is 1. The zero-order chi connectivity index (χ0) is 23.5. The Morgan fingerprint density at radius 2 is 1.94 bits per heavy atom. The van der Waals surface area contributed by atoms with Crippen LogP contribution < -0.4 is 15.5 Å². The van der Waals surface area contributed by atoms with Crippen molar-refractivity contribution in [3.63, 3.8) is 0 Å². The minimum absolute atomic E-state index is 0.154. The molecule has 5 rings (SSSR count). The summed E-state index contributed by atoms with van der Waals surface area (Å²) < 4.78 is 0. The lowest BCUT2D eigenvalue weighted by Crippen LogP contribution is -2.33. The van der Waals surface area contributed by atoms with Crippen LogP contribution in [0.1, 0.15) is 63.4 Å². The van der Waals surface area contributed by atoms with Gasteiger partial charge in [-0.05, 0) is 87.1 Å². The first-order chi connectivity index (χ1) is 16.6. The molecular weight excluding hydrogens is 424 g/mol. The molecule has 34 heavy (non-hydrogen) atoms. The van der Waals surface area contributed by atoms with E-state index < -0.39 is 0 Å². The Kier molecular flexibility index (Phi) is 7.35. The monoisotopic (exact) mass is 464 g/mol. The molecule has 3 atom stereocenters. The van der Waals surface area contributed by atoms with Crippen LogP contribution in [0.5, 0.6) is 0 Å². The Morgan fingerprint density at radius 1 is 1.12 bits per heavy atom. The summed E-state index contributed by atoms with van der Waals surface area (Å²) in [6.45, 7) is 5.06. The summed E-state index contributed by atoms with van der Waals surface area (Å²) in [5.74, 6) is 3.39. The number of aromatic nitrogens is 1. The fourth-order valence-electron chi connectivity index (χ4n) is 6.65. The van der Waals surface area contributed by atoms with Crippen molar-refractivity contribution in [3.05, 3.63) is 29.8 Å². The Balaban J connectivity index is 1.25. The fraction of sp³-hybridized carbons (Fsp3) is 0.643. The maximum atomic E-state index is 13.1. The van der Waals surface area contributed by atoms with Crippen LogP contribution in [0.2, 0.25) is 0 Å². The van der Waals surface area contributed by atoms with Crippen molar-refractivity contribution in [2.24, 2.45) is 17.8 Å². The fourth-order valence-corrected chi connectivity index (χ4v) is 6.65. The number of carbonyl (C=O) groups excluding carboxylic acids is 1. The number of nitrogens with one attached hydrogen (secondary N) is 2. The highest BCUT2D eigenvalue weighted by atomic mass is 16.3. The zero-order valence-corrected chi connectivity index (χ0v) is 20.6. The van der Waals surface area contributed by atoms with E-state index in [-0.39, 0.29) is 12.5 Å². The highest BCUT2D eigenvalue weighted by molar-refractivity contribution is 6.02. The second-order valence-electron chi connectivity index (χ2n) is 10.9. The summed E-state index contributed by atoms with van der Waals surface area (Å²) in [5, 5.41) is 16.8. The van der Waals surface area contributed by atoms with E-state index in [9.17, 15) is 4.79 Å². The lowest BCUT2D eigenvalue weighted by Gasteiger charge is -2.38. The van der Waals surface area contributed by atoms with E-state index in [2.05, 4.69) is 46.7 Å². The van der Waals surface area contributed by atoms with E-state index in [1.165, 1.54) is 38.5 Å². The molecule has 2 bridgehead atoms. The van der Waals surface area contributed by atoms with Gasteiger partial charge in [0.2, 0.25) is 5.91 Å². The molecule has 6 heteroatoms. The molecule has 184 valence electrons. The van der Waals surface area contributed by atoms with Gasteiger partial charge in [0, 0.05) is 37.5 Å². The van der Waals surface area contributed by atoms with Gasteiger partial charge in [-0.25, -0.2) is 4.98 Å². The highest BCUT2D eigenvalue weighted by Crippen LogP contribution is 2.43. The number of pyridine rings is 1. The standard InChI is InChI=1S/C28H40N4O2/c1-19-6-8-25-24(7-9-26(30-25)32-12-10-23(18-32)29-11-3-13-33)28(19)31-27(34)17-22-15-20-4-2-5-21(14-20)16-22/h6-9,20-23,29,33H,2-5,10-18H2,1H3,(H,31,34)/t20?,21?,22?,23-/m0/s1. The molecule has 2 aromatic rings. The number of nitrogens with zero attached hydrogens (tertiary/aromatic N) is 2. The third kappa shape index (κ3) is 5.38. The lowest BCUT2D eigenvalue weighted by atomic mass is 9.67. The summed E-state index contributed by atoms with van der Waals surface area (Å²) in [5.41, 5.74) is 2.94. The Hall–Kier alpha value is -2.18. The number of aryl methyl sites for hydroxylation is 1. The first kappa shape index (κ1) is 23.6. The Labute approximate surface area is 203 Å². The molecule has 3 N–H and O–H groups in total. The summed E-state index contributed by atoms with van der Waals surface area (Å²) in [7, 11) is 0. The second-order valence-corrected chi connectivity index (χ2v) is 10.9. The Bertz CT molecular complexity index is 997. The van der Waals surface area contributed by atoms with Gasteiger partial charge in [-0.15, -0.1) is 0 Å². The van der Waals surface area contributed by atoms with Gasteiger partial charge in [-0.1, -0.05) is 25.3 Å². The van der Waals surface area contributed by atoms with Gasteiger partial charge in [0.1, 0.15) is 5.82 Å². The first-order valence-corrected chi connectivity index (χ1v) is 13.4. The van der Waals surface area contributed by atoms with Crippen LogP contribution in [0.15, 0.2) is 24.3 Å². The van der Waals surface area contributed by atoms with Crippen molar-refractivity contribution < 1.29 is 9.90 Å².